The predicted molar refractivity (Wildman–Crippen MR) is 84.0 cm³/mol. The molecule has 3 rings (SSSR count). The summed E-state index contributed by atoms with van der Waals surface area (Å²) in [6.45, 7) is 0. The number of nitrogens with zero attached hydrogens (tertiary/aromatic N) is 2. The van der Waals surface area contributed by atoms with Crippen molar-refractivity contribution in [2.45, 2.75) is 37.8 Å². The molecule has 1 aliphatic rings. The number of aromatic nitrogens is 2. The van der Waals surface area contributed by atoms with Crippen molar-refractivity contribution in [1.82, 2.24) is 15.1 Å². The SMILES string of the molecule is O=C(NC(C(=O)O)c1ccccc1)c1ccnn1C1CCCC1. The topological polar surface area (TPSA) is 84.2 Å². The molecule has 2 N–H and O–H groups in total. The standard InChI is InChI=1S/C17H19N3O3/c21-16(14-10-11-18-20(14)13-8-4-5-9-13)19-15(17(22)23)12-6-2-1-3-7-12/h1-3,6-7,10-11,13,15H,4-5,8-9H2,(H,19,21)(H,22,23). The molecule has 1 amide bonds. The fourth-order valence-electron chi connectivity index (χ4n) is 3.07. The van der Waals surface area contributed by atoms with Crippen LogP contribution in [-0.2, 0) is 4.79 Å². The zero-order valence-corrected chi connectivity index (χ0v) is 12.7. The number of carbonyl (C=O) groups is 2. The van der Waals surface area contributed by atoms with Crippen LogP contribution in [0.4, 0.5) is 0 Å². The van der Waals surface area contributed by atoms with Crippen LogP contribution in [0, 0.1) is 0 Å². The number of benzene rings is 1. The monoisotopic (exact) mass is 313 g/mol. The number of carboxylic acid groups (broad SMARTS) is 1. The van der Waals surface area contributed by atoms with Gasteiger partial charge in [0.1, 0.15) is 5.69 Å². The lowest BCUT2D eigenvalue weighted by Gasteiger charge is -2.17. The second-order valence-corrected chi connectivity index (χ2v) is 5.75. The number of carboxylic acids is 1. The molecular weight excluding hydrogens is 294 g/mol. The van der Waals surface area contributed by atoms with Crippen molar-refractivity contribution in [3.05, 3.63) is 53.9 Å². The van der Waals surface area contributed by atoms with E-state index in [0.717, 1.165) is 25.7 Å². The average Bonchev–Trinajstić information content (AvgIpc) is 3.23. The summed E-state index contributed by atoms with van der Waals surface area (Å²) >= 11 is 0. The van der Waals surface area contributed by atoms with Crippen LogP contribution >= 0.6 is 0 Å². The van der Waals surface area contributed by atoms with Crippen LogP contribution in [0.1, 0.15) is 53.8 Å². The van der Waals surface area contributed by atoms with E-state index in [0.29, 0.717) is 11.3 Å². The largest absolute Gasteiger partial charge is 0.479 e. The van der Waals surface area contributed by atoms with Crippen LogP contribution in [0.2, 0.25) is 0 Å². The van der Waals surface area contributed by atoms with Gasteiger partial charge in [0.05, 0.1) is 6.04 Å². The molecule has 0 bridgehead atoms. The van der Waals surface area contributed by atoms with Crippen molar-refractivity contribution in [3.63, 3.8) is 0 Å². The Labute approximate surface area is 134 Å². The van der Waals surface area contributed by atoms with Gasteiger partial charge in [-0.15, -0.1) is 0 Å². The smallest absolute Gasteiger partial charge is 0.330 e. The predicted octanol–water partition coefficient (Wildman–Crippen LogP) is 2.55. The third kappa shape index (κ3) is 3.26. The Morgan fingerprint density at radius 3 is 2.52 bits per heavy atom. The van der Waals surface area contributed by atoms with Gasteiger partial charge < -0.3 is 10.4 Å². The molecule has 1 aliphatic carbocycles. The van der Waals surface area contributed by atoms with E-state index >= 15 is 0 Å². The molecule has 6 heteroatoms. The lowest BCUT2D eigenvalue weighted by atomic mass is 10.1. The van der Waals surface area contributed by atoms with Gasteiger partial charge in [0.15, 0.2) is 6.04 Å². The number of carbonyl (C=O) groups excluding carboxylic acids is 1. The maximum atomic E-state index is 12.5. The van der Waals surface area contributed by atoms with E-state index in [-0.39, 0.29) is 6.04 Å². The fraction of sp³-hybridized carbons (Fsp3) is 0.353. The van der Waals surface area contributed by atoms with Crippen LogP contribution in [0.25, 0.3) is 0 Å². The van der Waals surface area contributed by atoms with Gasteiger partial charge in [-0.3, -0.25) is 9.48 Å². The van der Waals surface area contributed by atoms with Crippen molar-refractivity contribution < 1.29 is 14.7 Å². The number of aliphatic carboxylic acids is 1. The number of amides is 1. The quantitative estimate of drug-likeness (QED) is 0.888. The highest BCUT2D eigenvalue weighted by Crippen LogP contribution is 2.29. The summed E-state index contributed by atoms with van der Waals surface area (Å²) in [6.07, 6.45) is 5.86. The Balaban J connectivity index is 1.80. The molecular formula is C17H19N3O3. The zero-order valence-electron chi connectivity index (χ0n) is 12.7. The van der Waals surface area contributed by atoms with E-state index in [2.05, 4.69) is 10.4 Å². The third-order valence-electron chi connectivity index (χ3n) is 4.23. The van der Waals surface area contributed by atoms with Crippen molar-refractivity contribution in [2.24, 2.45) is 0 Å². The first-order valence-electron chi connectivity index (χ1n) is 7.79. The molecule has 120 valence electrons. The van der Waals surface area contributed by atoms with Crippen molar-refractivity contribution in [2.75, 3.05) is 0 Å². The van der Waals surface area contributed by atoms with Crippen LogP contribution < -0.4 is 5.32 Å². The Hall–Kier alpha value is -2.63. The summed E-state index contributed by atoms with van der Waals surface area (Å²) in [7, 11) is 0. The summed E-state index contributed by atoms with van der Waals surface area (Å²) < 4.78 is 1.73. The number of nitrogens with one attached hydrogen (secondary N) is 1. The normalized spacial score (nSPS) is 16.2. The molecule has 1 atom stereocenters. The molecule has 0 aliphatic heterocycles. The Morgan fingerprint density at radius 2 is 1.87 bits per heavy atom. The second-order valence-electron chi connectivity index (χ2n) is 5.75. The molecule has 1 fully saturated rings. The van der Waals surface area contributed by atoms with Crippen LogP contribution in [0.3, 0.4) is 0 Å². The molecule has 1 heterocycles. The van der Waals surface area contributed by atoms with Gasteiger partial charge in [0.25, 0.3) is 5.91 Å². The van der Waals surface area contributed by atoms with Gasteiger partial charge >= 0.3 is 5.97 Å². The Morgan fingerprint density at radius 1 is 1.17 bits per heavy atom. The third-order valence-corrected chi connectivity index (χ3v) is 4.23. The molecule has 1 aromatic carbocycles. The summed E-state index contributed by atoms with van der Waals surface area (Å²) in [4.78, 5) is 24.0. The molecule has 0 spiro atoms. The van der Waals surface area contributed by atoms with Gasteiger partial charge in [0.2, 0.25) is 0 Å². The minimum atomic E-state index is -1.09. The Kier molecular flexibility index (Phi) is 4.41. The van der Waals surface area contributed by atoms with Crippen molar-refractivity contribution in [1.29, 1.82) is 0 Å². The van der Waals surface area contributed by atoms with E-state index in [1.165, 1.54) is 0 Å². The molecule has 0 saturated heterocycles. The molecule has 23 heavy (non-hydrogen) atoms. The van der Waals surface area contributed by atoms with E-state index in [9.17, 15) is 14.7 Å². The van der Waals surface area contributed by atoms with E-state index in [4.69, 9.17) is 0 Å². The lowest BCUT2D eigenvalue weighted by Crippen LogP contribution is -2.35. The first-order valence-corrected chi connectivity index (χ1v) is 7.79. The van der Waals surface area contributed by atoms with Crippen LogP contribution in [0.15, 0.2) is 42.6 Å². The molecule has 0 radical (unpaired) electrons. The van der Waals surface area contributed by atoms with Gasteiger partial charge in [0, 0.05) is 6.20 Å². The number of hydrogen-bond acceptors (Lipinski definition) is 3. The molecule has 2 aromatic rings. The number of hydrogen-bond donors (Lipinski definition) is 2. The zero-order chi connectivity index (χ0) is 16.2. The van der Waals surface area contributed by atoms with E-state index in [1.54, 1.807) is 47.3 Å². The number of rotatable bonds is 5. The van der Waals surface area contributed by atoms with E-state index in [1.807, 2.05) is 0 Å². The van der Waals surface area contributed by atoms with Gasteiger partial charge in [-0.2, -0.15) is 5.10 Å². The Bertz CT molecular complexity index is 690. The maximum Gasteiger partial charge on any atom is 0.330 e. The molecule has 1 unspecified atom stereocenters. The van der Waals surface area contributed by atoms with E-state index < -0.39 is 17.9 Å². The highest BCUT2D eigenvalue weighted by molar-refractivity contribution is 5.95. The molecule has 1 aromatic heterocycles. The minimum Gasteiger partial charge on any atom is -0.479 e. The van der Waals surface area contributed by atoms with Crippen LogP contribution in [-0.4, -0.2) is 26.8 Å². The minimum absolute atomic E-state index is 0.228. The van der Waals surface area contributed by atoms with Gasteiger partial charge in [-0.25, -0.2) is 4.79 Å². The first-order chi connectivity index (χ1) is 11.2. The molecule has 6 nitrogen and oxygen atoms in total. The summed E-state index contributed by atoms with van der Waals surface area (Å²) in [6, 6.07) is 9.47. The van der Waals surface area contributed by atoms with Crippen molar-refractivity contribution >= 4 is 11.9 Å². The summed E-state index contributed by atoms with van der Waals surface area (Å²) in [5.41, 5.74) is 0.958. The second kappa shape index (κ2) is 6.64. The van der Waals surface area contributed by atoms with Crippen LogP contribution in [0.5, 0.6) is 0 Å². The lowest BCUT2D eigenvalue weighted by molar-refractivity contribution is -0.139. The highest BCUT2D eigenvalue weighted by Gasteiger charge is 2.26. The maximum absolute atomic E-state index is 12.5. The fourth-order valence-corrected chi connectivity index (χ4v) is 3.07. The molecule has 1 saturated carbocycles. The van der Waals surface area contributed by atoms with Gasteiger partial charge in [-0.05, 0) is 24.5 Å². The average molecular weight is 313 g/mol. The summed E-state index contributed by atoms with van der Waals surface area (Å²) in [5.74, 6) is -1.50. The van der Waals surface area contributed by atoms with Gasteiger partial charge in [-0.1, -0.05) is 43.2 Å². The summed E-state index contributed by atoms with van der Waals surface area (Å²) in [5, 5.41) is 16.3. The highest BCUT2D eigenvalue weighted by atomic mass is 16.4. The van der Waals surface area contributed by atoms with Crippen molar-refractivity contribution in [3.8, 4) is 0 Å². The first kappa shape index (κ1) is 15.3.